The van der Waals surface area contributed by atoms with E-state index in [2.05, 4.69) is 13.0 Å². The Kier molecular flexibility index (Phi) is 3.20. The Balaban J connectivity index is 2.71. The van der Waals surface area contributed by atoms with E-state index in [1.54, 1.807) is 14.2 Å². The maximum Gasteiger partial charge on any atom is 0.118 e. The lowest BCUT2D eigenvalue weighted by Crippen LogP contribution is -2.08. The maximum absolute atomic E-state index is 5.27. The van der Waals surface area contributed by atoms with Gasteiger partial charge in [-0.1, -0.05) is 6.92 Å². The van der Waals surface area contributed by atoms with Gasteiger partial charge in [0.25, 0.3) is 0 Å². The maximum atomic E-state index is 5.27. The van der Waals surface area contributed by atoms with Gasteiger partial charge >= 0.3 is 0 Å². The molecule has 1 atom stereocenters. The molecule has 1 aliphatic rings. The van der Waals surface area contributed by atoms with Gasteiger partial charge in [0.1, 0.15) is 11.5 Å². The van der Waals surface area contributed by atoms with Gasteiger partial charge in [-0.15, -0.1) is 0 Å². The van der Waals surface area contributed by atoms with E-state index >= 15 is 0 Å². The number of methoxy groups -OCH3 is 2. The molecule has 0 aromatic rings. The molecule has 1 rings (SSSR count). The van der Waals surface area contributed by atoms with Crippen LogP contribution in [0.3, 0.4) is 0 Å². The highest BCUT2D eigenvalue weighted by molar-refractivity contribution is 5.22. The van der Waals surface area contributed by atoms with Crippen molar-refractivity contribution in [2.45, 2.75) is 19.8 Å². The Labute approximate surface area is 73.9 Å². The van der Waals surface area contributed by atoms with E-state index in [0.717, 1.165) is 24.4 Å². The van der Waals surface area contributed by atoms with Crippen LogP contribution in [-0.4, -0.2) is 14.2 Å². The molecule has 0 radical (unpaired) electrons. The zero-order chi connectivity index (χ0) is 8.97. The Hall–Kier alpha value is -0.920. The van der Waals surface area contributed by atoms with Crippen LogP contribution in [0.15, 0.2) is 23.7 Å². The van der Waals surface area contributed by atoms with Gasteiger partial charge in [0.05, 0.1) is 14.2 Å². The third-order valence-corrected chi connectivity index (χ3v) is 2.25. The number of hydrogen-bond donors (Lipinski definition) is 0. The Morgan fingerprint density at radius 2 is 2.17 bits per heavy atom. The minimum Gasteiger partial charge on any atom is -0.501 e. The van der Waals surface area contributed by atoms with Gasteiger partial charge in [0, 0.05) is 12.0 Å². The first-order valence-corrected chi connectivity index (χ1v) is 4.31. The highest BCUT2D eigenvalue weighted by Crippen LogP contribution is 2.26. The van der Waals surface area contributed by atoms with Crippen molar-refractivity contribution >= 4 is 0 Å². The van der Waals surface area contributed by atoms with Crippen LogP contribution in [0, 0.1) is 5.92 Å². The monoisotopic (exact) mass is 168 g/mol. The van der Waals surface area contributed by atoms with Crippen LogP contribution in [0.1, 0.15) is 19.8 Å². The van der Waals surface area contributed by atoms with Gasteiger partial charge in [0.15, 0.2) is 0 Å². The molecule has 0 bridgehead atoms. The van der Waals surface area contributed by atoms with Crippen LogP contribution < -0.4 is 0 Å². The van der Waals surface area contributed by atoms with Crippen molar-refractivity contribution in [3.05, 3.63) is 23.7 Å². The first-order valence-electron chi connectivity index (χ1n) is 4.31. The van der Waals surface area contributed by atoms with E-state index in [1.165, 1.54) is 0 Å². The van der Waals surface area contributed by atoms with Crippen LogP contribution in [0.4, 0.5) is 0 Å². The molecule has 0 aliphatic heterocycles. The van der Waals surface area contributed by atoms with E-state index in [-0.39, 0.29) is 0 Å². The van der Waals surface area contributed by atoms with Crippen molar-refractivity contribution in [3.8, 4) is 0 Å². The molecule has 0 heterocycles. The first kappa shape index (κ1) is 9.17. The van der Waals surface area contributed by atoms with Crippen LogP contribution >= 0.6 is 0 Å². The zero-order valence-electron chi connectivity index (χ0n) is 7.96. The summed E-state index contributed by atoms with van der Waals surface area (Å²) in [4.78, 5) is 0. The number of ether oxygens (including phenoxy) is 2. The normalized spacial score (nSPS) is 22.8. The van der Waals surface area contributed by atoms with Gasteiger partial charge in [-0.25, -0.2) is 0 Å². The van der Waals surface area contributed by atoms with Crippen molar-refractivity contribution in [2.75, 3.05) is 14.2 Å². The fraction of sp³-hybridized carbons (Fsp3) is 0.600. The lowest BCUT2D eigenvalue weighted by Gasteiger charge is -2.20. The quantitative estimate of drug-likeness (QED) is 0.644. The summed E-state index contributed by atoms with van der Waals surface area (Å²) in [6.45, 7) is 2.17. The highest BCUT2D eigenvalue weighted by Gasteiger charge is 2.16. The second kappa shape index (κ2) is 4.19. The number of hydrogen-bond acceptors (Lipinski definition) is 2. The average Bonchev–Trinajstić information content (AvgIpc) is 2.16. The third kappa shape index (κ3) is 1.81. The fourth-order valence-electron chi connectivity index (χ4n) is 1.43. The predicted molar refractivity (Wildman–Crippen MR) is 48.6 cm³/mol. The summed E-state index contributed by atoms with van der Waals surface area (Å²) >= 11 is 0. The summed E-state index contributed by atoms with van der Waals surface area (Å²) in [6.07, 6.45) is 6.22. The Bertz CT molecular complexity index is 204. The second-order valence-electron chi connectivity index (χ2n) is 2.90. The standard InChI is InChI=1S/C10H16O2/c1-4-8-5-6-9(11-2)7-10(8)12-3/h6-8H,4-5H2,1-3H3. The molecule has 1 aliphatic carbocycles. The van der Waals surface area contributed by atoms with E-state index in [9.17, 15) is 0 Å². The molecule has 68 valence electrons. The van der Waals surface area contributed by atoms with E-state index in [1.807, 2.05) is 6.08 Å². The van der Waals surface area contributed by atoms with Gasteiger partial charge in [-0.2, -0.15) is 0 Å². The zero-order valence-corrected chi connectivity index (χ0v) is 7.96. The lowest BCUT2D eigenvalue weighted by molar-refractivity contribution is 0.223. The molecule has 0 spiro atoms. The number of allylic oxidation sites excluding steroid dienone is 3. The van der Waals surface area contributed by atoms with Gasteiger partial charge in [-0.3, -0.25) is 0 Å². The van der Waals surface area contributed by atoms with Crippen LogP contribution in [0.5, 0.6) is 0 Å². The van der Waals surface area contributed by atoms with Crippen molar-refractivity contribution in [2.24, 2.45) is 5.92 Å². The molecule has 1 unspecified atom stereocenters. The molecule has 0 N–H and O–H groups in total. The van der Waals surface area contributed by atoms with E-state index in [4.69, 9.17) is 9.47 Å². The second-order valence-corrected chi connectivity index (χ2v) is 2.90. The lowest BCUT2D eigenvalue weighted by atomic mass is 9.95. The van der Waals surface area contributed by atoms with Crippen molar-refractivity contribution < 1.29 is 9.47 Å². The van der Waals surface area contributed by atoms with E-state index in [0.29, 0.717) is 5.92 Å². The molecule has 0 saturated heterocycles. The van der Waals surface area contributed by atoms with Crippen LogP contribution in [0.2, 0.25) is 0 Å². The fourth-order valence-corrected chi connectivity index (χ4v) is 1.43. The largest absolute Gasteiger partial charge is 0.501 e. The molecule has 2 heteroatoms. The molecule has 0 aromatic heterocycles. The molecule has 12 heavy (non-hydrogen) atoms. The summed E-state index contributed by atoms with van der Waals surface area (Å²) in [5.74, 6) is 2.49. The Morgan fingerprint density at radius 3 is 2.67 bits per heavy atom. The van der Waals surface area contributed by atoms with Crippen LogP contribution in [0.25, 0.3) is 0 Å². The SMILES string of the molecule is CCC1CC=C(OC)C=C1OC. The molecular formula is C10H16O2. The number of rotatable bonds is 3. The summed E-state index contributed by atoms with van der Waals surface area (Å²) < 4.78 is 10.4. The van der Waals surface area contributed by atoms with Gasteiger partial charge < -0.3 is 9.47 Å². The predicted octanol–water partition coefficient (Wildman–Crippen LogP) is 2.48. The van der Waals surface area contributed by atoms with Crippen LogP contribution in [-0.2, 0) is 9.47 Å². The minimum absolute atomic E-state index is 0.536. The molecule has 0 aromatic carbocycles. The highest BCUT2D eigenvalue weighted by atomic mass is 16.5. The third-order valence-electron chi connectivity index (χ3n) is 2.25. The summed E-state index contributed by atoms with van der Waals surface area (Å²) in [5.41, 5.74) is 0. The molecule has 0 fully saturated rings. The van der Waals surface area contributed by atoms with Crippen molar-refractivity contribution in [1.82, 2.24) is 0 Å². The molecule has 0 amide bonds. The smallest absolute Gasteiger partial charge is 0.118 e. The summed E-state index contributed by atoms with van der Waals surface area (Å²) in [5, 5.41) is 0. The minimum atomic E-state index is 0.536. The molecule has 2 nitrogen and oxygen atoms in total. The summed E-state index contributed by atoms with van der Waals surface area (Å²) in [6, 6.07) is 0. The van der Waals surface area contributed by atoms with Crippen molar-refractivity contribution in [1.29, 1.82) is 0 Å². The molecule has 0 saturated carbocycles. The van der Waals surface area contributed by atoms with Crippen molar-refractivity contribution in [3.63, 3.8) is 0 Å². The Morgan fingerprint density at radius 1 is 1.42 bits per heavy atom. The molecular weight excluding hydrogens is 152 g/mol. The first-order chi connectivity index (χ1) is 5.81. The average molecular weight is 168 g/mol. The van der Waals surface area contributed by atoms with Gasteiger partial charge in [0.2, 0.25) is 0 Å². The topological polar surface area (TPSA) is 18.5 Å². The van der Waals surface area contributed by atoms with Gasteiger partial charge in [-0.05, 0) is 18.9 Å². The van der Waals surface area contributed by atoms with E-state index < -0.39 is 0 Å². The summed E-state index contributed by atoms with van der Waals surface area (Å²) in [7, 11) is 3.40.